The Morgan fingerprint density at radius 2 is 0.983 bits per heavy atom. The molecular weight excluding hydrogens is 765 g/mol. The van der Waals surface area contributed by atoms with Gasteiger partial charge in [0.15, 0.2) is 18.5 Å². The molecule has 6 unspecified atom stereocenters. The van der Waals surface area contributed by atoms with Crippen molar-refractivity contribution in [1.82, 2.24) is 0 Å². The number of aliphatic hydroxyl groups excluding tert-OH is 3. The third-order valence-corrected chi connectivity index (χ3v) is 10.4. The Balaban J connectivity index is 2.33. The third-order valence-electron chi connectivity index (χ3n) is 10.4. The van der Waals surface area contributed by atoms with E-state index in [1.807, 2.05) is 0 Å². The molecule has 0 spiro atoms. The number of ether oxygens (including phenoxy) is 4. The molecule has 60 heavy (non-hydrogen) atoms. The van der Waals surface area contributed by atoms with Crippen molar-refractivity contribution in [3.63, 3.8) is 0 Å². The molecule has 0 aromatic rings. The molecule has 1 aliphatic heterocycles. The highest BCUT2D eigenvalue weighted by Gasteiger charge is 2.47. The molecule has 11 heteroatoms. The summed E-state index contributed by atoms with van der Waals surface area (Å²) in [7, 11) is 0. The minimum Gasteiger partial charge on any atom is -0.479 e. The van der Waals surface area contributed by atoms with Crippen LogP contribution in [0, 0.1) is 0 Å². The van der Waals surface area contributed by atoms with Crippen LogP contribution in [0.2, 0.25) is 0 Å². The summed E-state index contributed by atoms with van der Waals surface area (Å²) in [6.45, 7) is 3.67. The maximum Gasteiger partial charge on any atom is 0.335 e. The van der Waals surface area contributed by atoms with Crippen LogP contribution in [0.4, 0.5) is 0 Å². The molecule has 1 aliphatic rings. The van der Waals surface area contributed by atoms with Gasteiger partial charge in [-0.05, 0) is 77.0 Å². The van der Waals surface area contributed by atoms with E-state index in [1.54, 1.807) is 0 Å². The second-order valence-electron chi connectivity index (χ2n) is 15.9. The summed E-state index contributed by atoms with van der Waals surface area (Å²) in [6.07, 6.45) is 38.4. The first-order valence-corrected chi connectivity index (χ1v) is 23.3. The number of carboxylic acid groups (broad SMARTS) is 1. The highest BCUT2D eigenvalue weighted by atomic mass is 16.7. The summed E-state index contributed by atoms with van der Waals surface area (Å²) in [5, 5.41) is 39.8. The first kappa shape index (κ1) is 54.9. The summed E-state index contributed by atoms with van der Waals surface area (Å²) in [5.74, 6) is -2.47. The minimum atomic E-state index is -1.87. The van der Waals surface area contributed by atoms with Crippen LogP contribution in [0.3, 0.4) is 0 Å². The SMILES string of the molecule is CC/C=C\C/C=C\C/C=C\C/C=C\CCCCCCCCCCC(=O)OCC(COC1OC(C(=O)O)C(O)C(O)C1O)OC(=O)CCCCCCC/C=C\CCCCCC. The summed E-state index contributed by atoms with van der Waals surface area (Å²) in [5.41, 5.74) is 0. The molecule has 1 rings (SSSR count). The molecule has 1 fully saturated rings. The number of carbonyl (C=O) groups excluding carboxylic acids is 2. The number of allylic oxidation sites excluding steroid dienone is 10. The van der Waals surface area contributed by atoms with E-state index in [2.05, 4.69) is 74.6 Å². The average Bonchev–Trinajstić information content (AvgIpc) is 3.23. The van der Waals surface area contributed by atoms with E-state index in [-0.39, 0.29) is 19.4 Å². The van der Waals surface area contributed by atoms with Crippen LogP contribution in [-0.4, -0.2) is 88.4 Å². The smallest absolute Gasteiger partial charge is 0.335 e. The predicted octanol–water partition coefficient (Wildman–Crippen LogP) is 10.3. The minimum absolute atomic E-state index is 0.169. The Kier molecular flexibility index (Phi) is 35.5. The van der Waals surface area contributed by atoms with E-state index >= 15 is 0 Å². The Bertz CT molecular complexity index is 1230. The fourth-order valence-electron chi connectivity index (χ4n) is 6.69. The van der Waals surface area contributed by atoms with E-state index in [1.165, 1.54) is 51.4 Å². The molecule has 0 aliphatic carbocycles. The standard InChI is InChI=1S/C49H82O11/c1-3-5-7-9-11-13-15-17-18-19-20-21-22-23-24-26-27-29-31-33-35-37-42(50)57-39-41(40-58-49-46(54)44(52)45(53)47(60-49)48(55)56)59-43(51)38-36-34-32-30-28-25-16-14-12-10-8-6-4-2/h5,7,11,13-14,16-18,20-21,41,44-47,49,52-54H,3-4,6,8-10,12,15,19,22-40H2,1-2H3,(H,55,56)/b7-5-,13-11-,16-14-,18-17-,21-20-. The van der Waals surface area contributed by atoms with Gasteiger partial charge >= 0.3 is 17.9 Å². The van der Waals surface area contributed by atoms with Gasteiger partial charge in [0.05, 0.1) is 6.61 Å². The number of aliphatic carboxylic acids is 1. The first-order valence-electron chi connectivity index (χ1n) is 23.3. The van der Waals surface area contributed by atoms with Gasteiger partial charge in [0.25, 0.3) is 0 Å². The van der Waals surface area contributed by atoms with Gasteiger partial charge in [-0.15, -0.1) is 0 Å². The van der Waals surface area contributed by atoms with Crippen LogP contribution in [0.25, 0.3) is 0 Å². The van der Waals surface area contributed by atoms with E-state index in [0.29, 0.717) is 12.8 Å². The van der Waals surface area contributed by atoms with Crippen LogP contribution in [0.15, 0.2) is 60.8 Å². The number of esters is 2. The van der Waals surface area contributed by atoms with E-state index in [9.17, 15) is 34.8 Å². The van der Waals surface area contributed by atoms with Gasteiger partial charge in [0.1, 0.15) is 24.9 Å². The van der Waals surface area contributed by atoms with Crippen LogP contribution in [-0.2, 0) is 33.3 Å². The zero-order valence-electron chi connectivity index (χ0n) is 37.2. The van der Waals surface area contributed by atoms with Crippen molar-refractivity contribution in [2.75, 3.05) is 13.2 Å². The fourth-order valence-corrected chi connectivity index (χ4v) is 6.69. The maximum atomic E-state index is 12.8. The Hall–Kier alpha value is -3.09. The topological polar surface area (TPSA) is 169 Å². The molecule has 6 atom stereocenters. The zero-order valence-corrected chi connectivity index (χ0v) is 37.2. The van der Waals surface area contributed by atoms with Gasteiger partial charge < -0.3 is 39.4 Å². The second kappa shape index (κ2) is 38.8. The zero-order chi connectivity index (χ0) is 43.9. The molecule has 0 amide bonds. The van der Waals surface area contributed by atoms with Gasteiger partial charge in [-0.3, -0.25) is 9.59 Å². The van der Waals surface area contributed by atoms with Gasteiger partial charge in [-0.2, -0.15) is 0 Å². The summed E-state index contributed by atoms with van der Waals surface area (Å²) >= 11 is 0. The van der Waals surface area contributed by atoms with Gasteiger partial charge in [0.2, 0.25) is 0 Å². The summed E-state index contributed by atoms with van der Waals surface area (Å²) in [6, 6.07) is 0. The van der Waals surface area contributed by atoms with Crippen molar-refractivity contribution >= 4 is 17.9 Å². The number of hydrogen-bond donors (Lipinski definition) is 4. The van der Waals surface area contributed by atoms with E-state index in [4.69, 9.17) is 18.9 Å². The van der Waals surface area contributed by atoms with Crippen LogP contribution in [0.1, 0.15) is 181 Å². The van der Waals surface area contributed by atoms with E-state index < -0.39 is 61.3 Å². The van der Waals surface area contributed by atoms with Gasteiger partial charge in [-0.25, -0.2) is 4.79 Å². The summed E-state index contributed by atoms with van der Waals surface area (Å²) < 4.78 is 21.7. The molecule has 0 radical (unpaired) electrons. The largest absolute Gasteiger partial charge is 0.479 e. The summed E-state index contributed by atoms with van der Waals surface area (Å²) in [4.78, 5) is 36.8. The van der Waals surface area contributed by atoms with Crippen molar-refractivity contribution in [2.45, 2.75) is 218 Å². The molecule has 344 valence electrons. The van der Waals surface area contributed by atoms with Crippen molar-refractivity contribution in [2.24, 2.45) is 0 Å². The quantitative estimate of drug-likeness (QED) is 0.0265. The van der Waals surface area contributed by atoms with Crippen LogP contribution in [0.5, 0.6) is 0 Å². The average molecular weight is 847 g/mol. The lowest BCUT2D eigenvalue weighted by atomic mass is 9.99. The lowest BCUT2D eigenvalue weighted by Gasteiger charge is -2.38. The van der Waals surface area contributed by atoms with Gasteiger partial charge in [0, 0.05) is 12.8 Å². The number of rotatable bonds is 38. The molecule has 0 bridgehead atoms. The van der Waals surface area contributed by atoms with Crippen molar-refractivity contribution in [3.8, 4) is 0 Å². The van der Waals surface area contributed by atoms with Crippen molar-refractivity contribution in [1.29, 1.82) is 0 Å². The third kappa shape index (κ3) is 30.0. The fraction of sp³-hybridized carbons (Fsp3) is 0.735. The number of carboxylic acids is 1. The van der Waals surface area contributed by atoms with Crippen LogP contribution >= 0.6 is 0 Å². The lowest BCUT2D eigenvalue weighted by Crippen LogP contribution is -2.60. The Morgan fingerprint density at radius 1 is 0.533 bits per heavy atom. The lowest BCUT2D eigenvalue weighted by molar-refractivity contribution is -0.298. The number of aliphatic hydroxyl groups is 3. The first-order chi connectivity index (χ1) is 29.2. The second-order valence-corrected chi connectivity index (χ2v) is 15.9. The maximum absolute atomic E-state index is 12.8. The highest BCUT2D eigenvalue weighted by Crippen LogP contribution is 2.23. The Labute approximate surface area is 362 Å². The monoisotopic (exact) mass is 847 g/mol. The van der Waals surface area contributed by atoms with Crippen molar-refractivity contribution < 1.29 is 53.8 Å². The van der Waals surface area contributed by atoms with E-state index in [0.717, 1.165) is 89.9 Å². The molecule has 11 nitrogen and oxygen atoms in total. The molecule has 0 aromatic heterocycles. The molecular formula is C49H82O11. The molecule has 0 aromatic carbocycles. The number of unbranched alkanes of at least 4 members (excludes halogenated alkanes) is 17. The van der Waals surface area contributed by atoms with Crippen molar-refractivity contribution in [3.05, 3.63) is 60.8 Å². The number of hydrogen-bond acceptors (Lipinski definition) is 10. The molecule has 0 saturated carbocycles. The van der Waals surface area contributed by atoms with Gasteiger partial charge in [-0.1, -0.05) is 152 Å². The van der Waals surface area contributed by atoms with Crippen LogP contribution < -0.4 is 0 Å². The predicted molar refractivity (Wildman–Crippen MR) is 238 cm³/mol. The number of carbonyl (C=O) groups is 3. The normalized spacial score (nSPS) is 20.3. The Morgan fingerprint density at radius 3 is 1.50 bits per heavy atom. The molecule has 4 N–H and O–H groups in total. The molecule has 1 heterocycles. The molecule has 1 saturated heterocycles. The highest BCUT2D eigenvalue weighted by molar-refractivity contribution is 5.73.